The van der Waals surface area contributed by atoms with Crippen molar-refractivity contribution in [3.05, 3.63) is 71.3 Å². The van der Waals surface area contributed by atoms with Gasteiger partial charge in [0.15, 0.2) is 5.78 Å². The Morgan fingerprint density at radius 3 is 2.54 bits per heavy atom. The van der Waals surface area contributed by atoms with E-state index in [2.05, 4.69) is 4.99 Å². The fourth-order valence-electron chi connectivity index (χ4n) is 2.78. The Morgan fingerprint density at radius 2 is 1.79 bits per heavy atom. The highest BCUT2D eigenvalue weighted by molar-refractivity contribution is 6.20. The van der Waals surface area contributed by atoms with Crippen LogP contribution in [0.3, 0.4) is 0 Å². The van der Waals surface area contributed by atoms with Gasteiger partial charge in [0, 0.05) is 42.5 Å². The first kappa shape index (κ1) is 16.3. The van der Waals surface area contributed by atoms with E-state index in [0.717, 1.165) is 16.8 Å². The lowest BCUT2D eigenvalue weighted by atomic mass is 9.95. The predicted molar refractivity (Wildman–Crippen MR) is 96.3 cm³/mol. The highest BCUT2D eigenvalue weighted by Crippen LogP contribution is 2.22. The molecule has 0 aliphatic carbocycles. The number of nitrogens with zero attached hydrogens (tertiary/aromatic N) is 2. The van der Waals surface area contributed by atoms with E-state index >= 15 is 0 Å². The first-order chi connectivity index (χ1) is 11.8. The molecule has 0 spiro atoms. The fourth-order valence-corrected chi connectivity index (χ4v) is 2.78. The minimum absolute atomic E-state index is 0.0823. The zero-order chi connectivity index (χ0) is 16.8. The van der Waals surface area contributed by atoms with E-state index in [4.69, 9.17) is 10.1 Å². The molecular formula is C20H20N2O2. The number of carbonyl (C=O) groups is 1. The molecule has 122 valence electrons. The number of rotatable bonds is 5. The Labute approximate surface area is 141 Å². The molecule has 1 atom stereocenters. The number of aliphatic hydroxyl groups is 1. The Bertz CT molecular complexity index is 766. The van der Waals surface area contributed by atoms with Crippen LogP contribution in [-0.4, -0.2) is 42.0 Å². The maximum Gasteiger partial charge on any atom is 0.166 e. The van der Waals surface area contributed by atoms with Crippen LogP contribution in [0.1, 0.15) is 34.3 Å². The van der Waals surface area contributed by atoms with Gasteiger partial charge in [-0.15, -0.1) is 0 Å². The van der Waals surface area contributed by atoms with Crippen molar-refractivity contribution >= 4 is 17.7 Å². The first-order valence-corrected chi connectivity index (χ1v) is 8.16. The highest BCUT2D eigenvalue weighted by Gasteiger charge is 2.23. The SMILES string of the molecule is O=C1CC(C=NCCCO)N=C(c2ccccc2)c2ccccc21. The molecule has 2 aromatic carbocycles. The number of hydrogen-bond acceptors (Lipinski definition) is 4. The number of benzene rings is 2. The minimum atomic E-state index is -0.279. The van der Waals surface area contributed by atoms with E-state index in [9.17, 15) is 4.79 Å². The van der Waals surface area contributed by atoms with Crippen molar-refractivity contribution in [3.63, 3.8) is 0 Å². The summed E-state index contributed by atoms with van der Waals surface area (Å²) < 4.78 is 0. The number of Topliss-reactive ketones (excluding diaryl/α,β-unsaturated/α-hetero) is 1. The van der Waals surface area contributed by atoms with Crippen LogP contribution >= 0.6 is 0 Å². The molecule has 1 aliphatic rings. The summed E-state index contributed by atoms with van der Waals surface area (Å²) in [7, 11) is 0. The topological polar surface area (TPSA) is 62.0 Å². The molecule has 0 radical (unpaired) electrons. The zero-order valence-electron chi connectivity index (χ0n) is 13.4. The summed E-state index contributed by atoms with van der Waals surface area (Å²) in [4.78, 5) is 21.7. The number of hydrogen-bond donors (Lipinski definition) is 1. The lowest BCUT2D eigenvalue weighted by Crippen LogP contribution is -2.12. The number of carbonyl (C=O) groups excluding carboxylic acids is 1. The molecule has 4 nitrogen and oxygen atoms in total. The van der Waals surface area contributed by atoms with Crippen LogP contribution in [0.4, 0.5) is 0 Å². The second-order valence-corrected chi connectivity index (χ2v) is 5.72. The van der Waals surface area contributed by atoms with Crippen molar-refractivity contribution in [2.75, 3.05) is 13.2 Å². The molecule has 0 amide bonds. The van der Waals surface area contributed by atoms with Gasteiger partial charge in [-0.1, -0.05) is 54.6 Å². The van der Waals surface area contributed by atoms with Crippen molar-refractivity contribution in [1.29, 1.82) is 0 Å². The van der Waals surface area contributed by atoms with Crippen molar-refractivity contribution in [2.45, 2.75) is 18.9 Å². The van der Waals surface area contributed by atoms with Gasteiger partial charge in [-0.25, -0.2) is 0 Å². The summed E-state index contributed by atoms with van der Waals surface area (Å²) in [5.74, 6) is 0.0823. The molecule has 0 saturated carbocycles. The average molecular weight is 320 g/mol. The Hall–Kier alpha value is -2.59. The third-order valence-corrected chi connectivity index (χ3v) is 3.94. The molecule has 0 saturated heterocycles. The van der Waals surface area contributed by atoms with Gasteiger partial charge in [0.05, 0.1) is 11.8 Å². The van der Waals surface area contributed by atoms with Crippen LogP contribution in [0, 0.1) is 0 Å². The van der Waals surface area contributed by atoms with Crippen molar-refractivity contribution in [2.24, 2.45) is 9.98 Å². The molecule has 1 heterocycles. The van der Waals surface area contributed by atoms with Gasteiger partial charge < -0.3 is 5.11 Å². The molecule has 3 rings (SSSR count). The second kappa shape index (κ2) is 7.79. The van der Waals surface area contributed by atoms with Gasteiger partial charge in [0.2, 0.25) is 0 Å². The summed E-state index contributed by atoms with van der Waals surface area (Å²) >= 11 is 0. The molecule has 24 heavy (non-hydrogen) atoms. The number of aliphatic imine (C=N–C) groups is 2. The summed E-state index contributed by atoms with van der Waals surface area (Å²) in [5, 5.41) is 8.84. The van der Waals surface area contributed by atoms with Gasteiger partial charge in [-0.2, -0.15) is 0 Å². The van der Waals surface area contributed by atoms with Crippen LogP contribution in [-0.2, 0) is 0 Å². The van der Waals surface area contributed by atoms with Gasteiger partial charge in [0.1, 0.15) is 0 Å². The second-order valence-electron chi connectivity index (χ2n) is 5.72. The molecule has 4 heteroatoms. The number of fused-ring (bicyclic) bond motifs is 1. The van der Waals surface area contributed by atoms with E-state index < -0.39 is 0 Å². The van der Waals surface area contributed by atoms with E-state index in [1.54, 1.807) is 6.21 Å². The first-order valence-electron chi connectivity index (χ1n) is 8.16. The summed E-state index contributed by atoms with van der Waals surface area (Å²) in [6, 6.07) is 17.3. The maximum atomic E-state index is 12.6. The lowest BCUT2D eigenvalue weighted by molar-refractivity contribution is 0.0982. The van der Waals surface area contributed by atoms with Crippen molar-refractivity contribution < 1.29 is 9.90 Å². The average Bonchev–Trinajstić information content (AvgIpc) is 2.77. The monoisotopic (exact) mass is 320 g/mol. The molecule has 0 aromatic heterocycles. The molecule has 1 aliphatic heterocycles. The quantitative estimate of drug-likeness (QED) is 0.680. The van der Waals surface area contributed by atoms with Crippen molar-refractivity contribution in [3.8, 4) is 0 Å². The summed E-state index contributed by atoms with van der Waals surface area (Å²) in [6.45, 7) is 0.662. The Balaban J connectivity index is 2.01. The Kier molecular flexibility index (Phi) is 5.29. The fraction of sp³-hybridized carbons (Fsp3) is 0.250. The third-order valence-electron chi connectivity index (χ3n) is 3.94. The molecule has 1 unspecified atom stereocenters. The summed E-state index contributed by atoms with van der Waals surface area (Å²) in [5.41, 5.74) is 3.41. The highest BCUT2D eigenvalue weighted by atomic mass is 16.3. The van der Waals surface area contributed by atoms with Crippen LogP contribution in [0.5, 0.6) is 0 Å². The van der Waals surface area contributed by atoms with Gasteiger partial charge in [0.25, 0.3) is 0 Å². The standard InChI is InChI=1S/C20H20N2O2/c23-12-6-11-21-14-16-13-19(24)17-9-4-5-10-18(17)20(22-16)15-7-2-1-3-8-15/h1-5,7-10,14,16,23H,6,11-13H2. The van der Waals surface area contributed by atoms with Gasteiger partial charge in [-0.05, 0) is 6.42 Å². The maximum absolute atomic E-state index is 12.6. The van der Waals surface area contributed by atoms with E-state index in [0.29, 0.717) is 24.9 Å². The van der Waals surface area contributed by atoms with Crippen LogP contribution in [0.2, 0.25) is 0 Å². The largest absolute Gasteiger partial charge is 0.396 e. The lowest BCUT2D eigenvalue weighted by Gasteiger charge is -2.09. The molecule has 0 bridgehead atoms. The number of ketones is 1. The predicted octanol–water partition coefficient (Wildman–Crippen LogP) is 2.93. The van der Waals surface area contributed by atoms with Crippen LogP contribution < -0.4 is 0 Å². The Morgan fingerprint density at radius 1 is 1.08 bits per heavy atom. The summed E-state index contributed by atoms with van der Waals surface area (Å²) in [6.07, 6.45) is 2.67. The molecule has 1 N–H and O–H groups in total. The molecule has 0 fully saturated rings. The van der Waals surface area contributed by atoms with Crippen LogP contribution in [0.15, 0.2) is 64.6 Å². The smallest absolute Gasteiger partial charge is 0.166 e. The molecular weight excluding hydrogens is 300 g/mol. The zero-order valence-corrected chi connectivity index (χ0v) is 13.4. The van der Waals surface area contributed by atoms with Crippen LogP contribution in [0.25, 0.3) is 0 Å². The normalized spacial score (nSPS) is 17.5. The number of aliphatic hydroxyl groups excluding tert-OH is 1. The van der Waals surface area contributed by atoms with Gasteiger partial charge >= 0.3 is 0 Å². The van der Waals surface area contributed by atoms with E-state index in [1.165, 1.54) is 0 Å². The van der Waals surface area contributed by atoms with Gasteiger partial charge in [-0.3, -0.25) is 14.8 Å². The van der Waals surface area contributed by atoms with E-state index in [-0.39, 0.29) is 18.4 Å². The van der Waals surface area contributed by atoms with E-state index in [1.807, 2.05) is 54.6 Å². The molecule has 2 aromatic rings. The minimum Gasteiger partial charge on any atom is -0.396 e. The third kappa shape index (κ3) is 3.66. The van der Waals surface area contributed by atoms with Crippen molar-refractivity contribution in [1.82, 2.24) is 0 Å².